The van der Waals surface area contributed by atoms with Gasteiger partial charge in [-0.1, -0.05) is 0 Å². The van der Waals surface area contributed by atoms with Gasteiger partial charge in [0.25, 0.3) is 5.91 Å². The Hall–Kier alpha value is -1.43. The molecule has 0 fully saturated rings. The molecule has 0 unspecified atom stereocenters. The molecule has 2 rings (SSSR count). The van der Waals surface area contributed by atoms with Crippen LogP contribution in [-0.4, -0.2) is 25.5 Å². The zero-order valence-electron chi connectivity index (χ0n) is 9.23. The minimum absolute atomic E-state index is 0.224. The topological polar surface area (TPSA) is 52.7 Å². The van der Waals surface area contributed by atoms with Crippen molar-refractivity contribution in [3.8, 4) is 0 Å². The van der Waals surface area contributed by atoms with Crippen molar-refractivity contribution in [1.82, 2.24) is 19.6 Å². The Morgan fingerprint density at radius 1 is 1.38 bits per heavy atom. The maximum absolute atomic E-state index is 12.1. The minimum Gasteiger partial charge on any atom is -0.274 e. The molecule has 0 saturated heterocycles. The number of aromatic nitrogens is 4. The fraction of sp³-hybridized carbons (Fsp3) is 0.300. The van der Waals surface area contributed by atoms with Gasteiger partial charge >= 0.3 is 0 Å². The van der Waals surface area contributed by atoms with Gasteiger partial charge in [0.2, 0.25) is 0 Å². The average Bonchev–Trinajstić information content (AvgIpc) is 2.68. The molecule has 0 atom stereocenters. The zero-order chi connectivity index (χ0) is 11.9. The molecule has 0 bridgehead atoms. The molecule has 0 aliphatic rings. The van der Waals surface area contributed by atoms with E-state index >= 15 is 0 Å². The lowest BCUT2D eigenvalue weighted by molar-refractivity contribution is 0.0936. The van der Waals surface area contributed by atoms with E-state index in [9.17, 15) is 4.79 Å². The highest BCUT2D eigenvalue weighted by atomic mass is 79.9. The van der Waals surface area contributed by atoms with Gasteiger partial charge in [-0.05, 0) is 35.8 Å². The lowest BCUT2D eigenvalue weighted by Gasteiger charge is -1.99. The summed E-state index contributed by atoms with van der Waals surface area (Å²) in [5, 5.41) is 8.23. The average molecular weight is 283 g/mol. The SMILES string of the molecule is Cc1cc(C)n(C(=O)c2nn(C)cc2Br)n1. The predicted octanol–water partition coefficient (Wildman–Crippen LogP) is 1.68. The Morgan fingerprint density at radius 3 is 2.50 bits per heavy atom. The number of carbonyl (C=O) groups is 1. The molecule has 6 heteroatoms. The van der Waals surface area contributed by atoms with Crippen LogP contribution in [0.15, 0.2) is 16.7 Å². The van der Waals surface area contributed by atoms with Crippen LogP contribution in [0.4, 0.5) is 0 Å². The van der Waals surface area contributed by atoms with Gasteiger partial charge in [0, 0.05) is 18.9 Å². The summed E-state index contributed by atoms with van der Waals surface area (Å²) >= 11 is 3.30. The zero-order valence-corrected chi connectivity index (χ0v) is 10.8. The van der Waals surface area contributed by atoms with Crippen molar-refractivity contribution in [1.29, 1.82) is 0 Å². The van der Waals surface area contributed by atoms with E-state index in [0.29, 0.717) is 10.2 Å². The summed E-state index contributed by atoms with van der Waals surface area (Å²) < 4.78 is 3.62. The molecule has 2 heterocycles. The van der Waals surface area contributed by atoms with Crippen molar-refractivity contribution < 1.29 is 4.79 Å². The van der Waals surface area contributed by atoms with Gasteiger partial charge in [-0.3, -0.25) is 9.48 Å². The van der Waals surface area contributed by atoms with Crippen LogP contribution in [0.3, 0.4) is 0 Å². The van der Waals surface area contributed by atoms with Gasteiger partial charge in [-0.2, -0.15) is 14.9 Å². The van der Waals surface area contributed by atoms with Crippen LogP contribution in [0.2, 0.25) is 0 Å². The smallest absolute Gasteiger partial charge is 0.274 e. The van der Waals surface area contributed by atoms with Crippen LogP contribution in [0.1, 0.15) is 21.9 Å². The second-order valence-corrected chi connectivity index (χ2v) is 4.50. The van der Waals surface area contributed by atoms with Crippen LogP contribution in [0, 0.1) is 13.8 Å². The van der Waals surface area contributed by atoms with E-state index in [1.807, 2.05) is 19.9 Å². The van der Waals surface area contributed by atoms with Gasteiger partial charge in [-0.25, -0.2) is 0 Å². The number of nitrogens with zero attached hydrogens (tertiary/aromatic N) is 4. The first-order valence-corrected chi connectivity index (χ1v) is 5.55. The third-order valence-corrected chi connectivity index (χ3v) is 2.77. The molecule has 2 aromatic rings. The van der Waals surface area contributed by atoms with Gasteiger partial charge in [0.15, 0.2) is 5.69 Å². The Kier molecular flexibility index (Phi) is 2.67. The molecule has 0 amide bonds. The van der Waals surface area contributed by atoms with E-state index in [2.05, 4.69) is 26.1 Å². The van der Waals surface area contributed by atoms with Crippen molar-refractivity contribution in [3.05, 3.63) is 33.8 Å². The van der Waals surface area contributed by atoms with Gasteiger partial charge < -0.3 is 0 Å². The standard InChI is InChI=1S/C10H11BrN4O/c1-6-4-7(2)15(12-6)10(16)9-8(11)5-14(3)13-9/h4-5H,1-3H3. The fourth-order valence-corrected chi connectivity index (χ4v) is 2.08. The van der Waals surface area contributed by atoms with E-state index in [0.717, 1.165) is 11.4 Å². The molecule has 2 aromatic heterocycles. The normalized spacial score (nSPS) is 10.8. The van der Waals surface area contributed by atoms with Crippen LogP contribution >= 0.6 is 15.9 Å². The summed E-state index contributed by atoms with van der Waals surface area (Å²) in [6.45, 7) is 3.69. The van der Waals surface area contributed by atoms with E-state index < -0.39 is 0 Å². The van der Waals surface area contributed by atoms with Crippen LogP contribution in [0.5, 0.6) is 0 Å². The predicted molar refractivity (Wildman–Crippen MR) is 62.3 cm³/mol. The highest BCUT2D eigenvalue weighted by molar-refractivity contribution is 9.10. The summed E-state index contributed by atoms with van der Waals surface area (Å²) in [7, 11) is 1.77. The van der Waals surface area contributed by atoms with E-state index in [-0.39, 0.29) is 5.91 Å². The van der Waals surface area contributed by atoms with Crippen molar-refractivity contribution in [2.45, 2.75) is 13.8 Å². The molecular formula is C10H11BrN4O. The maximum Gasteiger partial charge on any atom is 0.300 e. The second kappa shape index (κ2) is 3.86. The summed E-state index contributed by atoms with van der Waals surface area (Å²) in [5.74, 6) is -0.224. The van der Waals surface area contributed by atoms with Gasteiger partial charge in [0.05, 0.1) is 10.2 Å². The maximum atomic E-state index is 12.1. The highest BCUT2D eigenvalue weighted by Gasteiger charge is 2.18. The molecule has 16 heavy (non-hydrogen) atoms. The van der Waals surface area contributed by atoms with Crippen molar-refractivity contribution in [2.24, 2.45) is 7.05 Å². The number of halogens is 1. The first kappa shape index (κ1) is 11.1. The van der Waals surface area contributed by atoms with E-state index in [4.69, 9.17) is 0 Å². The Balaban J connectivity index is 2.46. The largest absolute Gasteiger partial charge is 0.300 e. The van der Waals surface area contributed by atoms with E-state index in [1.54, 1.807) is 17.9 Å². The van der Waals surface area contributed by atoms with Crippen molar-refractivity contribution in [2.75, 3.05) is 0 Å². The molecule has 0 saturated carbocycles. The number of hydrogen-bond donors (Lipinski definition) is 0. The molecular weight excluding hydrogens is 272 g/mol. The molecule has 0 aliphatic heterocycles. The molecule has 5 nitrogen and oxygen atoms in total. The van der Waals surface area contributed by atoms with Crippen LogP contribution in [-0.2, 0) is 7.05 Å². The monoisotopic (exact) mass is 282 g/mol. The Morgan fingerprint density at radius 2 is 2.06 bits per heavy atom. The first-order valence-electron chi connectivity index (χ1n) is 4.76. The number of aryl methyl sites for hydroxylation is 3. The fourth-order valence-electron chi connectivity index (χ4n) is 1.54. The third-order valence-electron chi connectivity index (χ3n) is 2.19. The Labute approximate surface area is 101 Å². The van der Waals surface area contributed by atoms with Crippen LogP contribution < -0.4 is 0 Å². The van der Waals surface area contributed by atoms with E-state index in [1.165, 1.54) is 4.68 Å². The molecule has 0 aromatic carbocycles. The first-order chi connectivity index (χ1) is 7.49. The van der Waals surface area contributed by atoms with Gasteiger partial charge in [0.1, 0.15) is 0 Å². The quantitative estimate of drug-likeness (QED) is 0.800. The van der Waals surface area contributed by atoms with Crippen LogP contribution in [0.25, 0.3) is 0 Å². The second-order valence-electron chi connectivity index (χ2n) is 3.64. The molecule has 0 radical (unpaired) electrons. The molecule has 0 spiro atoms. The molecule has 0 N–H and O–H groups in total. The summed E-state index contributed by atoms with van der Waals surface area (Å²) in [6.07, 6.45) is 1.74. The molecule has 84 valence electrons. The number of carbonyl (C=O) groups excluding carboxylic acids is 1. The highest BCUT2D eigenvalue weighted by Crippen LogP contribution is 2.16. The lowest BCUT2D eigenvalue weighted by Crippen LogP contribution is -2.16. The summed E-state index contributed by atoms with van der Waals surface area (Å²) in [6, 6.07) is 1.86. The third kappa shape index (κ3) is 1.80. The minimum atomic E-state index is -0.224. The van der Waals surface area contributed by atoms with Crippen molar-refractivity contribution in [3.63, 3.8) is 0 Å². The summed E-state index contributed by atoms with van der Waals surface area (Å²) in [4.78, 5) is 12.1. The van der Waals surface area contributed by atoms with Gasteiger partial charge in [-0.15, -0.1) is 0 Å². The summed E-state index contributed by atoms with van der Waals surface area (Å²) in [5.41, 5.74) is 1.99. The van der Waals surface area contributed by atoms with Crippen molar-refractivity contribution >= 4 is 21.8 Å². The molecule has 0 aliphatic carbocycles. The lowest BCUT2D eigenvalue weighted by atomic mass is 10.4. The number of hydrogen-bond acceptors (Lipinski definition) is 3. The Bertz CT molecular complexity index is 507. The number of rotatable bonds is 1.